The molecule has 0 saturated heterocycles. The fraction of sp³-hybridized carbons (Fsp3) is 0.917. The maximum atomic E-state index is 11.1. The number of hydrogen-bond donors (Lipinski definition) is 0. The molecule has 0 spiro atoms. The highest BCUT2D eigenvalue weighted by molar-refractivity contribution is 5.75. The fourth-order valence-electron chi connectivity index (χ4n) is 1.10. The third-order valence-electron chi connectivity index (χ3n) is 1.99. The summed E-state index contributed by atoms with van der Waals surface area (Å²) in [5.41, 5.74) is 0. The molecule has 1 amide bonds. The van der Waals surface area contributed by atoms with E-state index in [0.717, 1.165) is 12.8 Å². The number of amides is 1. The highest BCUT2D eigenvalue weighted by atomic mass is 16.2. The van der Waals surface area contributed by atoms with Crippen molar-refractivity contribution in [3.05, 3.63) is 0 Å². The maximum absolute atomic E-state index is 11.1. The van der Waals surface area contributed by atoms with Crippen LogP contribution in [-0.4, -0.2) is 24.9 Å². The van der Waals surface area contributed by atoms with Gasteiger partial charge in [0.2, 0.25) is 5.91 Å². The summed E-state index contributed by atoms with van der Waals surface area (Å²) >= 11 is 0. The second-order valence-corrected chi connectivity index (χ2v) is 3.45. The largest absolute Gasteiger partial charge is 0.349 e. The summed E-state index contributed by atoms with van der Waals surface area (Å²) in [6.45, 7) is 6.20. The zero-order chi connectivity index (χ0) is 11.4. The van der Waals surface area contributed by atoms with Crippen LogP contribution in [0.1, 0.15) is 59.3 Å². The Morgan fingerprint density at radius 1 is 1.00 bits per heavy atom. The topological polar surface area (TPSA) is 20.3 Å². The second kappa shape index (κ2) is 12.5. The van der Waals surface area contributed by atoms with E-state index in [0.29, 0.717) is 0 Å². The van der Waals surface area contributed by atoms with Gasteiger partial charge in [-0.25, -0.2) is 0 Å². The van der Waals surface area contributed by atoms with Crippen LogP contribution in [0.2, 0.25) is 0 Å². The standard InChI is InChI=1S/C10H21NO.C2H6/c1-4-5-6-7-8-9-10(12)11(2)3;1-2/h4-9H2,1-3H3;1-2H3. The highest BCUT2D eigenvalue weighted by Gasteiger charge is 2.01. The van der Waals surface area contributed by atoms with Crippen molar-refractivity contribution in [2.75, 3.05) is 14.1 Å². The molecule has 86 valence electrons. The lowest BCUT2D eigenvalue weighted by Crippen LogP contribution is -2.20. The molecule has 0 aliphatic rings. The molecule has 0 aliphatic heterocycles. The first-order valence-corrected chi connectivity index (χ1v) is 5.88. The van der Waals surface area contributed by atoms with Gasteiger partial charge >= 0.3 is 0 Å². The highest BCUT2D eigenvalue weighted by Crippen LogP contribution is 2.05. The maximum Gasteiger partial charge on any atom is 0.222 e. The van der Waals surface area contributed by atoms with Gasteiger partial charge in [0.15, 0.2) is 0 Å². The van der Waals surface area contributed by atoms with Gasteiger partial charge in [-0.1, -0.05) is 46.5 Å². The molecule has 2 nitrogen and oxygen atoms in total. The van der Waals surface area contributed by atoms with E-state index in [4.69, 9.17) is 0 Å². The predicted molar refractivity (Wildman–Crippen MR) is 63.4 cm³/mol. The molecule has 0 saturated carbocycles. The Kier molecular flexibility index (Phi) is 14.2. The fourth-order valence-corrected chi connectivity index (χ4v) is 1.10. The zero-order valence-electron chi connectivity index (χ0n) is 10.6. The first-order valence-electron chi connectivity index (χ1n) is 5.88. The molecular weight excluding hydrogens is 174 g/mol. The summed E-state index contributed by atoms with van der Waals surface area (Å²) < 4.78 is 0. The van der Waals surface area contributed by atoms with Gasteiger partial charge in [0.25, 0.3) is 0 Å². The van der Waals surface area contributed by atoms with Crippen molar-refractivity contribution in [1.29, 1.82) is 0 Å². The SMILES string of the molecule is CC.CCCCCCCC(=O)N(C)C. The smallest absolute Gasteiger partial charge is 0.222 e. The number of carbonyl (C=O) groups is 1. The monoisotopic (exact) mass is 201 g/mol. The molecule has 0 heterocycles. The summed E-state index contributed by atoms with van der Waals surface area (Å²) in [7, 11) is 3.63. The van der Waals surface area contributed by atoms with Crippen LogP contribution < -0.4 is 0 Å². The molecule has 0 unspecified atom stereocenters. The summed E-state index contributed by atoms with van der Waals surface area (Å²) in [5.74, 6) is 0.256. The van der Waals surface area contributed by atoms with E-state index in [9.17, 15) is 4.79 Å². The lowest BCUT2D eigenvalue weighted by atomic mass is 10.1. The van der Waals surface area contributed by atoms with E-state index < -0.39 is 0 Å². The lowest BCUT2D eigenvalue weighted by Gasteiger charge is -2.09. The van der Waals surface area contributed by atoms with Gasteiger partial charge in [-0.05, 0) is 6.42 Å². The van der Waals surface area contributed by atoms with Crippen LogP contribution in [0.5, 0.6) is 0 Å². The Balaban J connectivity index is 0. The van der Waals surface area contributed by atoms with E-state index in [-0.39, 0.29) is 5.91 Å². The predicted octanol–water partition coefficient (Wildman–Crippen LogP) is 3.46. The molecule has 0 aromatic rings. The Hall–Kier alpha value is -0.530. The summed E-state index contributed by atoms with van der Waals surface area (Å²) in [5, 5.41) is 0. The van der Waals surface area contributed by atoms with Crippen LogP contribution in [0.4, 0.5) is 0 Å². The van der Waals surface area contributed by atoms with Gasteiger partial charge in [-0.15, -0.1) is 0 Å². The Morgan fingerprint density at radius 2 is 1.50 bits per heavy atom. The second-order valence-electron chi connectivity index (χ2n) is 3.45. The van der Waals surface area contributed by atoms with Crippen molar-refractivity contribution in [2.24, 2.45) is 0 Å². The number of unbranched alkanes of at least 4 members (excludes halogenated alkanes) is 4. The Labute approximate surface area is 89.7 Å². The molecular formula is C12H27NO. The molecule has 0 aromatic carbocycles. The zero-order valence-corrected chi connectivity index (χ0v) is 10.6. The van der Waals surface area contributed by atoms with Crippen molar-refractivity contribution >= 4 is 5.91 Å². The van der Waals surface area contributed by atoms with Gasteiger partial charge in [0.1, 0.15) is 0 Å². The molecule has 0 atom stereocenters. The molecule has 0 rings (SSSR count). The number of hydrogen-bond acceptors (Lipinski definition) is 1. The van der Waals surface area contributed by atoms with Crippen LogP contribution in [-0.2, 0) is 4.79 Å². The van der Waals surface area contributed by atoms with Gasteiger partial charge in [-0.3, -0.25) is 4.79 Å². The average Bonchev–Trinajstić information content (AvgIpc) is 2.20. The van der Waals surface area contributed by atoms with E-state index in [1.165, 1.54) is 25.7 Å². The van der Waals surface area contributed by atoms with Crippen LogP contribution in [0.25, 0.3) is 0 Å². The van der Waals surface area contributed by atoms with E-state index in [1.54, 1.807) is 4.90 Å². The van der Waals surface area contributed by atoms with Crippen molar-refractivity contribution in [2.45, 2.75) is 59.3 Å². The summed E-state index contributed by atoms with van der Waals surface area (Å²) in [4.78, 5) is 12.8. The third kappa shape index (κ3) is 11.5. The van der Waals surface area contributed by atoms with Crippen molar-refractivity contribution < 1.29 is 4.79 Å². The number of nitrogens with zero attached hydrogens (tertiary/aromatic N) is 1. The lowest BCUT2D eigenvalue weighted by molar-refractivity contribution is -0.128. The van der Waals surface area contributed by atoms with Gasteiger partial charge in [0, 0.05) is 20.5 Å². The van der Waals surface area contributed by atoms with Crippen LogP contribution in [0.3, 0.4) is 0 Å². The Bertz CT molecular complexity index is 121. The molecule has 0 radical (unpaired) electrons. The van der Waals surface area contributed by atoms with Crippen LogP contribution >= 0.6 is 0 Å². The quantitative estimate of drug-likeness (QED) is 0.603. The van der Waals surface area contributed by atoms with Crippen molar-refractivity contribution in [1.82, 2.24) is 4.90 Å². The minimum atomic E-state index is 0.256. The van der Waals surface area contributed by atoms with Crippen molar-refractivity contribution in [3.8, 4) is 0 Å². The van der Waals surface area contributed by atoms with E-state index in [1.807, 2.05) is 27.9 Å². The third-order valence-corrected chi connectivity index (χ3v) is 1.99. The molecule has 0 bridgehead atoms. The summed E-state index contributed by atoms with van der Waals surface area (Å²) in [6.07, 6.45) is 6.82. The minimum absolute atomic E-state index is 0.256. The first-order chi connectivity index (χ1) is 6.68. The molecule has 0 N–H and O–H groups in total. The molecule has 0 aliphatic carbocycles. The number of carbonyl (C=O) groups excluding carboxylic acids is 1. The molecule has 2 heteroatoms. The Morgan fingerprint density at radius 3 is 1.93 bits per heavy atom. The molecule has 0 fully saturated rings. The molecule has 14 heavy (non-hydrogen) atoms. The van der Waals surface area contributed by atoms with E-state index in [2.05, 4.69) is 6.92 Å². The van der Waals surface area contributed by atoms with Gasteiger partial charge in [-0.2, -0.15) is 0 Å². The van der Waals surface area contributed by atoms with Crippen LogP contribution in [0.15, 0.2) is 0 Å². The van der Waals surface area contributed by atoms with E-state index >= 15 is 0 Å². The normalized spacial score (nSPS) is 8.93. The first kappa shape index (κ1) is 15.9. The molecule has 0 aromatic heterocycles. The van der Waals surface area contributed by atoms with Gasteiger partial charge < -0.3 is 4.90 Å². The minimum Gasteiger partial charge on any atom is -0.349 e. The summed E-state index contributed by atoms with van der Waals surface area (Å²) in [6, 6.07) is 0. The van der Waals surface area contributed by atoms with Crippen LogP contribution in [0, 0.1) is 0 Å². The average molecular weight is 201 g/mol. The van der Waals surface area contributed by atoms with Crippen molar-refractivity contribution in [3.63, 3.8) is 0 Å². The number of rotatable bonds is 6. The van der Waals surface area contributed by atoms with Gasteiger partial charge in [0.05, 0.1) is 0 Å².